The molecule has 1 unspecified atom stereocenters. The van der Waals surface area contributed by atoms with Gasteiger partial charge in [0.05, 0.1) is 43.5 Å². The average Bonchev–Trinajstić information content (AvgIpc) is 1.19. The highest BCUT2D eigenvalue weighted by Gasteiger charge is 2.32. The first kappa shape index (κ1) is 51.1. The summed E-state index contributed by atoms with van der Waals surface area (Å²) in [5, 5.41) is 12.4. The van der Waals surface area contributed by atoms with Gasteiger partial charge in [0, 0.05) is 63.6 Å². The van der Waals surface area contributed by atoms with Gasteiger partial charge in [-0.2, -0.15) is 0 Å². The molecule has 0 amide bonds. The maximum absolute atomic E-state index is 2.67. The maximum Gasteiger partial charge on any atom is 0.0640 e. The van der Waals surface area contributed by atoms with Gasteiger partial charge in [-0.05, 0) is 104 Å². The van der Waals surface area contributed by atoms with E-state index >= 15 is 0 Å². The lowest BCUT2D eigenvalue weighted by molar-refractivity contribution is 0.591. The Bertz CT molecular complexity index is 5140. The quantitative estimate of drug-likeness (QED) is 0.126. The summed E-state index contributed by atoms with van der Waals surface area (Å²) >= 11 is 3.78. The van der Waals surface area contributed by atoms with Gasteiger partial charge in [-0.3, -0.25) is 0 Å². The molecule has 16 rings (SSSR count). The summed E-state index contributed by atoms with van der Waals surface area (Å²) in [4.78, 5) is 5.32. The largest absolute Gasteiger partial charge is 0.308 e. The van der Waals surface area contributed by atoms with Gasteiger partial charge in [-0.25, -0.2) is 0 Å². The Hall–Kier alpha value is -9.58. The highest BCUT2D eigenvalue weighted by molar-refractivity contribution is 7.26. The monoisotopic (exact) mass is 1120 g/mol. The molecule has 4 heteroatoms. The standard InChI is InChI=1S/C81H60N2S2/c1-80(2,3)59-47-56-38-42-66-72(82(68-33-21-31-64-62-29-15-17-35-74(62)84-78(64)68)70-49-55(52-23-9-5-10-24-52)37-41-60(70)53-25-11-6-12-26-53)51-73(67-43-39-57(48-59)76(56)77(66)67)83(69-34-22-32-65-63-30-16-18-36-75(63)85-79(65)69)71-50-58(81(4)45-19-8-20-46-81)40-44-61(71)54-27-13-7-14-28-54/h5-45,47-51H,46H2,1-4H3. The van der Waals surface area contributed by atoms with Crippen LogP contribution in [-0.2, 0) is 10.8 Å². The second kappa shape index (κ2) is 20.1. The van der Waals surface area contributed by atoms with E-state index in [0.29, 0.717) is 0 Å². The number of hydrogen-bond donors (Lipinski definition) is 0. The van der Waals surface area contributed by atoms with Crippen molar-refractivity contribution in [3.05, 3.63) is 290 Å². The smallest absolute Gasteiger partial charge is 0.0640 e. The van der Waals surface area contributed by atoms with Crippen molar-refractivity contribution >= 4 is 129 Å². The van der Waals surface area contributed by atoms with E-state index in [1.165, 1.54) is 89.4 Å². The normalized spacial score (nSPS) is 14.5. The fraction of sp³-hybridized carbons (Fsp3) is 0.0864. The summed E-state index contributed by atoms with van der Waals surface area (Å²) in [6.07, 6.45) is 10.0. The fourth-order valence-electron chi connectivity index (χ4n) is 13.5. The molecule has 1 aliphatic rings. The van der Waals surface area contributed by atoms with E-state index in [4.69, 9.17) is 0 Å². The molecule has 0 radical (unpaired) electrons. The molecule has 85 heavy (non-hydrogen) atoms. The molecule has 13 aromatic carbocycles. The molecule has 0 N–H and O–H groups in total. The minimum atomic E-state index is -0.232. The highest BCUT2D eigenvalue weighted by Crippen LogP contribution is 2.57. The first-order valence-electron chi connectivity index (χ1n) is 29.6. The van der Waals surface area contributed by atoms with Gasteiger partial charge in [0.15, 0.2) is 0 Å². The third kappa shape index (κ3) is 8.49. The van der Waals surface area contributed by atoms with Gasteiger partial charge in [0.2, 0.25) is 0 Å². The van der Waals surface area contributed by atoms with Gasteiger partial charge >= 0.3 is 0 Å². The first-order chi connectivity index (χ1) is 41.6. The number of thiophene rings is 2. The van der Waals surface area contributed by atoms with Crippen LogP contribution in [0.15, 0.2) is 279 Å². The number of rotatable bonds is 10. The Balaban J connectivity index is 1.11. The Kier molecular flexibility index (Phi) is 12.1. The van der Waals surface area contributed by atoms with Crippen LogP contribution in [0.1, 0.15) is 45.2 Å². The predicted molar refractivity (Wildman–Crippen MR) is 371 cm³/mol. The zero-order valence-electron chi connectivity index (χ0n) is 48.0. The lowest BCUT2D eigenvalue weighted by Gasteiger charge is -2.35. The van der Waals surface area contributed by atoms with Crippen molar-refractivity contribution in [1.29, 1.82) is 0 Å². The van der Waals surface area contributed by atoms with E-state index in [-0.39, 0.29) is 10.8 Å². The molecule has 1 aliphatic carbocycles. The van der Waals surface area contributed by atoms with E-state index in [1.807, 2.05) is 22.7 Å². The van der Waals surface area contributed by atoms with Crippen LogP contribution >= 0.6 is 22.7 Å². The van der Waals surface area contributed by atoms with Crippen molar-refractivity contribution in [3.63, 3.8) is 0 Å². The molecule has 0 fully saturated rings. The zero-order valence-corrected chi connectivity index (χ0v) is 49.6. The molecule has 2 nitrogen and oxygen atoms in total. The molecule has 0 saturated heterocycles. The second-order valence-electron chi connectivity index (χ2n) is 24.2. The Labute approximate surface area is 504 Å². The van der Waals surface area contributed by atoms with Gasteiger partial charge in [-0.15, -0.1) is 22.7 Å². The van der Waals surface area contributed by atoms with Crippen molar-refractivity contribution in [2.75, 3.05) is 9.80 Å². The molecule has 0 bridgehead atoms. The predicted octanol–water partition coefficient (Wildman–Crippen LogP) is 24.3. The number of benzene rings is 13. The molecule has 0 saturated carbocycles. The molecular formula is C81H60N2S2. The molecule has 406 valence electrons. The number of nitrogens with zero attached hydrogens (tertiary/aromatic N) is 2. The van der Waals surface area contributed by atoms with Crippen molar-refractivity contribution in [1.82, 2.24) is 0 Å². The summed E-state index contributed by atoms with van der Waals surface area (Å²) in [6, 6.07) is 96.4. The summed E-state index contributed by atoms with van der Waals surface area (Å²) < 4.78 is 5.03. The van der Waals surface area contributed by atoms with Crippen molar-refractivity contribution in [2.45, 2.75) is 44.9 Å². The fourth-order valence-corrected chi connectivity index (χ4v) is 16.0. The van der Waals surface area contributed by atoms with Crippen LogP contribution in [0.25, 0.3) is 106 Å². The van der Waals surface area contributed by atoms with Crippen LogP contribution in [0.2, 0.25) is 0 Å². The molecular weight excluding hydrogens is 1070 g/mol. The molecule has 1 atom stereocenters. The van der Waals surface area contributed by atoms with Crippen LogP contribution in [0.4, 0.5) is 34.1 Å². The van der Waals surface area contributed by atoms with Gasteiger partial charge in [0.25, 0.3) is 0 Å². The lowest BCUT2D eigenvalue weighted by atomic mass is 9.76. The summed E-state index contributed by atoms with van der Waals surface area (Å²) in [7, 11) is 0. The minimum absolute atomic E-state index is 0.0589. The molecule has 2 aromatic heterocycles. The third-order valence-electron chi connectivity index (χ3n) is 17.9. The first-order valence-corrected chi connectivity index (χ1v) is 31.2. The van der Waals surface area contributed by atoms with Gasteiger partial charge < -0.3 is 9.80 Å². The van der Waals surface area contributed by atoms with Crippen LogP contribution in [0.3, 0.4) is 0 Å². The highest BCUT2D eigenvalue weighted by atomic mass is 32.1. The van der Waals surface area contributed by atoms with E-state index in [0.717, 1.165) is 68.4 Å². The number of hydrogen-bond acceptors (Lipinski definition) is 4. The second-order valence-corrected chi connectivity index (χ2v) is 26.3. The summed E-state index contributed by atoms with van der Waals surface area (Å²) in [5.74, 6) is 0. The van der Waals surface area contributed by atoms with E-state index in [2.05, 4.69) is 317 Å². The lowest BCUT2D eigenvalue weighted by Crippen LogP contribution is -2.21. The van der Waals surface area contributed by atoms with Crippen molar-refractivity contribution in [2.24, 2.45) is 0 Å². The summed E-state index contributed by atoms with van der Waals surface area (Å²) in [6.45, 7) is 9.40. The third-order valence-corrected chi connectivity index (χ3v) is 20.4. The zero-order chi connectivity index (χ0) is 57.0. The minimum Gasteiger partial charge on any atom is -0.308 e. The van der Waals surface area contributed by atoms with Crippen LogP contribution in [0, 0.1) is 0 Å². The number of allylic oxidation sites excluding steroid dienone is 4. The Morgan fingerprint density at radius 3 is 1.39 bits per heavy atom. The topological polar surface area (TPSA) is 6.48 Å². The van der Waals surface area contributed by atoms with E-state index in [1.54, 1.807) is 0 Å². The molecule has 0 spiro atoms. The number of fused-ring (bicyclic) bond motifs is 6. The maximum atomic E-state index is 2.67. The van der Waals surface area contributed by atoms with Crippen molar-refractivity contribution in [3.8, 4) is 33.4 Å². The van der Waals surface area contributed by atoms with Gasteiger partial charge in [0.1, 0.15) is 0 Å². The van der Waals surface area contributed by atoms with Gasteiger partial charge in [-0.1, -0.05) is 264 Å². The molecule has 2 heterocycles. The SMILES string of the molecule is CC(C)(C)c1cc2ccc3c(N(c4cc(-c5ccccc5)ccc4-c4ccccc4)c4cccc5c4sc4ccccc45)cc(N(c4cc(C5(C)C=CC=CC5)ccc4-c4ccccc4)c4cccc5c4sc4ccccc45)c4ccc(c1)c2c34. The summed E-state index contributed by atoms with van der Waals surface area (Å²) in [5.41, 5.74) is 16.0. The van der Waals surface area contributed by atoms with E-state index < -0.39 is 0 Å². The van der Waals surface area contributed by atoms with Crippen LogP contribution in [-0.4, -0.2) is 0 Å². The van der Waals surface area contributed by atoms with Crippen LogP contribution in [0.5, 0.6) is 0 Å². The van der Waals surface area contributed by atoms with Crippen molar-refractivity contribution < 1.29 is 0 Å². The molecule has 0 aliphatic heterocycles. The van der Waals surface area contributed by atoms with E-state index in [9.17, 15) is 0 Å². The Morgan fingerprint density at radius 2 is 0.859 bits per heavy atom. The van der Waals surface area contributed by atoms with Crippen LogP contribution < -0.4 is 9.80 Å². The Morgan fingerprint density at radius 1 is 0.365 bits per heavy atom. The molecule has 15 aromatic rings. The average molecular weight is 1130 g/mol. The number of anilines is 6.